The van der Waals surface area contributed by atoms with Gasteiger partial charge in [-0.2, -0.15) is 4.98 Å². The van der Waals surface area contributed by atoms with Crippen LogP contribution in [0.2, 0.25) is 10.0 Å². The Balaban J connectivity index is 1.42. The Kier molecular flexibility index (Phi) is 5.59. The van der Waals surface area contributed by atoms with Crippen LogP contribution in [0.3, 0.4) is 0 Å². The van der Waals surface area contributed by atoms with E-state index in [4.69, 9.17) is 32.5 Å². The van der Waals surface area contributed by atoms with E-state index >= 15 is 0 Å². The molecule has 1 aliphatic rings. The van der Waals surface area contributed by atoms with E-state index < -0.39 is 0 Å². The van der Waals surface area contributed by atoms with Gasteiger partial charge in [-0.1, -0.05) is 29.3 Å². The maximum absolute atomic E-state index is 9.49. The molecule has 0 unspecified atom stereocenters. The number of halogens is 2. The van der Waals surface area contributed by atoms with Gasteiger partial charge in [0.1, 0.15) is 5.75 Å². The molecule has 0 amide bonds. The van der Waals surface area contributed by atoms with Gasteiger partial charge in [0.05, 0.1) is 27.8 Å². The van der Waals surface area contributed by atoms with Crippen molar-refractivity contribution in [2.24, 2.45) is 0 Å². The van der Waals surface area contributed by atoms with Crippen molar-refractivity contribution in [3.8, 4) is 23.2 Å². The van der Waals surface area contributed by atoms with Gasteiger partial charge in [0.25, 0.3) is 11.8 Å². The topological polar surface area (TPSA) is 76.5 Å². The molecule has 0 atom stereocenters. The third-order valence-corrected chi connectivity index (χ3v) is 5.93. The van der Waals surface area contributed by atoms with E-state index in [1.54, 1.807) is 22.9 Å². The van der Waals surface area contributed by atoms with Crippen molar-refractivity contribution in [3.63, 3.8) is 0 Å². The molecular formula is C23H22Cl2N4O3. The highest BCUT2D eigenvalue weighted by molar-refractivity contribution is 6.35. The summed E-state index contributed by atoms with van der Waals surface area (Å²) < 4.78 is 13.0. The van der Waals surface area contributed by atoms with Crippen molar-refractivity contribution in [2.45, 2.75) is 32.6 Å². The molecule has 9 heteroatoms. The lowest BCUT2D eigenvalue weighted by Crippen LogP contribution is -2.49. The standard InChI is InChI=1S/C23H22Cl2N4O3/c1-13(2)31-21-6-4-15(8-18(21)24)22-26-23(27-32-22)29-12-19(25)17-7-14(3-5-20(17)29)9-28-10-16(30)11-28/h3-8,12-13,16,30H,9-11H2,1-2H3. The second-order valence-corrected chi connectivity index (χ2v) is 9.07. The number of β-amino-alcohol motifs (C(OH)–C–C–N with tert-alkyl or cyclic N) is 1. The van der Waals surface area contributed by atoms with Gasteiger partial charge in [0.2, 0.25) is 0 Å². The molecule has 0 spiro atoms. The van der Waals surface area contributed by atoms with Crippen molar-refractivity contribution >= 4 is 34.1 Å². The van der Waals surface area contributed by atoms with Crippen LogP contribution >= 0.6 is 23.2 Å². The number of benzene rings is 2. The summed E-state index contributed by atoms with van der Waals surface area (Å²) in [5.74, 6) is 1.34. The molecule has 32 heavy (non-hydrogen) atoms. The number of likely N-dealkylation sites (tertiary alicyclic amines) is 1. The fourth-order valence-corrected chi connectivity index (χ4v) is 4.32. The zero-order chi connectivity index (χ0) is 22.4. The van der Waals surface area contributed by atoms with Crippen LogP contribution < -0.4 is 4.74 Å². The SMILES string of the molecule is CC(C)Oc1ccc(-c2nc(-n3cc(Cl)c4cc(CN5CC(O)C5)ccc43)no2)cc1Cl. The molecule has 0 radical (unpaired) electrons. The van der Waals surface area contributed by atoms with Gasteiger partial charge in [-0.05, 0) is 54.9 Å². The first-order chi connectivity index (χ1) is 15.4. The van der Waals surface area contributed by atoms with E-state index in [0.717, 1.165) is 23.0 Å². The van der Waals surface area contributed by atoms with E-state index in [1.165, 1.54) is 0 Å². The number of aromatic nitrogens is 3. The number of nitrogens with zero attached hydrogens (tertiary/aromatic N) is 4. The van der Waals surface area contributed by atoms with Crippen molar-refractivity contribution < 1.29 is 14.4 Å². The molecule has 1 saturated heterocycles. The molecule has 3 heterocycles. The molecule has 0 aliphatic carbocycles. The number of rotatable bonds is 6. The lowest BCUT2D eigenvalue weighted by molar-refractivity contribution is -0.00284. The number of aliphatic hydroxyl groups is 1. The molecule has 0 bridgehead atoms. The van der Waals surface area contributed by atoms with Crippen molar-refractivity contribution in [3.05, 3.63) is 58.2 Å². The molecule has 5 rings (SSSR count). The first-order valence-electron chi connectivity index (χ1n) is 10.4. The Morgan fingerprint density at radius 3 is 2.69 bits per heavy atom. The Morgan fingerprint density at radius 1 is 1.16 bits per heavy atom. The van der Waals surface area contributed by atoms with Crippen LogP contribution in [-0.4, -0.2) is 50.0 Å². The fraction of sp³-hybridized carbons (Fsp3) is 0.304. The fourth-order valence-electron chi connectivity index (χ4n) is 3.84. The van der Waals surface area contributed by atoms with Crippen LogP contribution in [0.5, 0.6) is 5.75 Å². The summed E-state index contributed by atoms with van der Waals surface area (Å²) in [5, 5.41) is 15.6. The van der Waals surface area contributed by atoms with Crippen LogP contribution in [0, 0.1) is 0 Å². The van der Waals surface area contributed by atoms with E-state index in [9.17, 15) is 5.11 Å². The zero-order valence-electron chi connectivity index (χ0n) is 17.6. The molecule has 2 aromatic heterocycles. The highest BCUT2D eigenvalue weighted by Gasteiger charge is 2.24. The smallest absolute Gasteiger partial charge is 0.275 e. The van der Waals surface area contributed by atoms with Crippen molar-refractivity contribution in [2.75, 3.05) is 13.1 Å². The van der Waals surface area contributed by atoms with E-state index in [1.807, 2.05) is 32.0 Å². The normalized spacial score (nSPS) is 14.9. The molecule has 0 saturated carbocycles. The number of aliphatic hydroxyl groups excluding tert-OH is 1. The van der Waals surface area contributed by atoms with Gasteiger partial charge in [0.15, 0.2) is 0 Å². The molecule has 1 aliphatic heterocycles. The Labute approximate surface area is 195 Å². The van der Waals surface area contributed by atoms with Crippen molar-refractivity contribution in [1.82, 2.24) is 19.6 Å². The summed E-state index contributed by atoms with van der Waals surface area (Å²) in [6, 6.07) is 11.5. The predicted octanol–water partition coefficient (Wildman–Crippen LogP) is 4.95. The summed E-state index contributed by atoms with van der Waals surface area (Å²) in [4.78, 5) is 6.72. The summed E-state index contributed by atoms with van der Waals surface area (Å²) in [6.45, 7) is 6.07. The number of ether oxygens (including phenoxy) is 1. The monoisotopic (exact) mass is 472 g/mol. The third-order valence-electron chi connectivity index (χ3n) is 5.34. The molecule has 7 nitrogen and oxygen atoms in total. The third kappa shape index (κ3) is 4.09. The van der Waals surface area contributed by atoms with Crippen molar-refractivity contribution in [1.29, 1.82) is 0 Å². The van der Waals surface area contributed by atoms with Gasteiger partial charge < -0.3 is 14.4 Å². The minimum absolute atomic E-state index is 0.0261. The largest absolute Gasteiger partial charge is 0.489 e. The quantitative estimate of drug-likeness (QED) is 0.427. The summed E-state index contributed by atoms with van der Waals surface area (Å²) >= 11 is 12.9. The van der Waals surface area contributed by atoms with Gasteiger partial charge in [-0.3, -0.25) is 9.47 Å². The zero-order valence-corrected chi connectivity index (χ0v) is 19.1. The molecule has 2 aromatic carbocycles. The van der Waals surface area contributed by atoms with Gasteiger partial charge in [0, 0.05) is 36.8 Å². The van der Waals surface area contributed by atoms with Crippen LogP contribution in [0.15, 0.2) is 47.1 Å². The number of fused-ring (bicyclic) bond motifs is 1. The second-order valence-electron chi connectivity index (χ2n) is 8.26. The second kappa shape index (κ2) is 8.41. The Hall–Kier alpha value is -2.58. The molecule has 166 valence electrons. The maximum atomic E-state index is 9.49. The first-order valence-corrected chi connectivity index (χ1v) is 11.1. The Bertz CT molecular complexity index is 1280. The first kappa shape index (κ1) is 21.3. The summed E-state index contributed by atoms with van der Waals surface area (Å²) in [7, 11) is 0. The van der Waals surface area contributed by atoms with Gasteiger partial charge >= 0.3 is 0 Å². The molecule has 1 fully saturated rings. The summed E-state index contributed by atoms with van der Waals surface area (Å²) in [5.41, 5.74) is 2.72. The lowest BCUT2D eigenvalue weighted by atomic mass is 10.1. The van der Waals surface area contributed by atoms with Crippen LogP contribution in [0.4, 0.5) is 0 Å². The average molecular weight is 473 g/mol. The van der Waals surface area contributed by atoms with Gasteiger partial charge in [-0.15, -0.1) is 0 Å². The predicted molar refractivity (Wildman–Crippen MR) is 124 cm³/mol. The maximum Gasteiger partial charge on any atom is 0.275 e. The lowest BCUT2D eigenvalue weighted by Gasteiger charge is -2.35. The number of hydrogen-bond acceptors (Lipinski definition) is 6. The molecule has 4 aromatic rings. The van der Waals surface area contributed by atoms with Crippen LogP contribution in [0.25, 0.3) is 28.3 Å². The van der Waals surface area contributed by atoms with E-state index in [0.29, 0.717) is 46.3 Å². The molecular weight excluding hydrogens is 451 g/mol. The minimum atomic E-state index is -0.218. The van der Waals surface area contributed by atoms with E-state index in [-0.39, 0.29) is 12.2 Å². The molecule has 1 N–H and O–H groups in total. The average Bonchev–Trinajstić information content (AvgIpc) is 3.33. The van der Waals surface area contributed by atoms with E-state index in [2.05, 4.69) is 21.1 Å². The van der Waals surface area contributed by atoms with Gasteiger partial charge in [-0.25, -0.2) is 0 Å². The Morgan fingerprint density at radius 2 is 1.97 bits per heavy atom. The van der Waals surface area contributed by atoms with Crippen LogP contribution in [-0.2, 0) is 6.54 Å². The highest BCUT2D eigenvalue weighted by atomic mass is 35.5. The summed E-state index contributed by atoms with van der Waals surface area (Å²) in [6.07, 6.45) is 1.59. The highest BCUT2D eigenvalue weighted by Crippen LogP contribution is 2.32. The minimum Gasteiger partial charge on any atom is -0.489 e. The number of hydrogen-bond donors (Lipinski definition) is 1. The van der Waals surface area contributed by atoms with Crippen LogP contribution in [0.1, 0.15) is 19.4 Å².